The summed E-state index contributed by atoms with van der Waals surface area (Å²) in [6, 6.07) is 4.22. The van der Waals surface area contributed by atoms with Gasteiger partial charge in [-0.05, 0) is 36.6 Å². The van der Waals surface area contributed by atoms with Crippen LogP contribution in [0.3, 0.4) is 0 Å². The number of amides is 1. The van der Waals surface area contributed by atoms with Gasteiger partial charge < -0.3 is 4.90 Å². The van der Waals surface area contributed by atoms with Gasteiger partial charge in [-0.1, -0.05) is 0 Å². The molecule has 0 fully saturated rings. The van der Waals surface area contributed by atoms with Gasteiger partial charge in [0.1, 0.15) is 5.82 Å². The van der Waals surface area contributed by atoms with Gasteiger partial charge in [-0.15, -0.1) is 12.6 Å². The lowest BCUT2D eigenvalue weighted by Gasteiger charge is -2.17. The zero-order valence-electron chi connectivity index (χ0n) is 9.94. The van der Waals surface area contributed by atoms with Crippen LogP contribution in [0, 0.1) is 5.82 Å². The fraction of sp³-hybridized carbons (Fsp3) is 0.417. The number of carbonyl (C=O) groups excluding carboxylic acids is 1. The first-order chi connectivity index (χ1) is 8.06. The maximum atomic E-state index is 13.0. The molecule has 5 heteroatoms. The SMILES string of the molecule is CSCCCN(C)C(=O)c1ccc(F)c(S)c1. The van der Waals surface area contributed by atoms with E-state index in [1.54, 1.807) is 23.7 Å². The number of hydrogen-bond acceptors (Lipinski definition) is 3. The molecule has 0 unspecified atom stereocenters. The topological polar surface area (TPSA) is 20.3 Å². The van der Waals surface area contributed by atoms with Crippen LogP contribution in [-0.4, -0.2) is 36.4 Å². The molecule has 2 nitrogen and oxygen atoms in total. The minimum absolute atomic E-state index is 0.0959. The van der Waals surface area contributed by atoms with Crippen molar-refractivity contribution in [1.82, 2.24) is 4.90 Å². The van der Waals surface area contributed by atoms with Crippen molar-refractivity contribution >= 4 is 30.3 Å². The third-order valence-corrected chi connectivity index (χ3v) is 3.42. The molecule has 0 aliphatic carbocycles. The molecule has 0 aliphatic rings. The van der Waals surface area contributed by atoms with Crippen LogP contribution in [0.1, 0.15) is 16.8 Å². The zero-order chi connectivity index (χ0) is 12.8. The van der Waals surface area contributed by atoms with E-state index in [9.17, 15) is 9.18 Å². The van der Waals surface area contributed by atoms with E-state index in [0.717, 1.165) is 12.2 Å². The van der Waals surface area contributed by atoms with Gasteiger partial charge in [0.25, 0.3) is 5.91 Å². The third-order valence-electron chi connectivity index (χ3n) is 2.38. The first kappa shape index (κ1) is 14.4. The van der Waals surface area contributed by atoms with Crippen LogP contribution in [0.5, 0.6) is 0 Å². The van der Waals surface area contributed by atoms with Gasteiger partial charge in [0.15, 0.2) is 0 Å². The Morgan fingerprint density at radius 2 is 2.24 bits per heavy atom. The largest absolute Gasteiger partial charge is 0.342 e. The predicted molar refractivity (Wildman–Crippen MR) is 73.6 cm³/mol. The molecule has 0 saturated heterocycles. The monoisotopic (exact) mass is 273 g/mol. The summed E-state index contributed by atoms with van der Waals surface area (Å²) in [4.78, 5) is 13.8. The molecule has 1 aromatic rings. The standard InChI is InChI=1S/C12H16FNOS2/c1-14(6-3-7-17-2)12(15)9-4-5-10(13)11(16)8-9/h4-5,8,16H,3,6-7H2,1-2H3. The average Bonchev–Trinajstić information content (AvgIpc) is 2.32. The molecule has 0 aromatic heterocycles. The zero-order valence-corrected chi connectivity index (χ0v) is 11.7. The lowest BCUT2D eigenvalue weighted by atomic mass is 10.2. The lowest BCUT2D eigenvalue weighted by molar-refractivity contribution is 0.0795. The molecule has 17 heavy (non-hydrogen) atoms. The molecule has 0 radical (unpaired) electrons. The van der Waals surface area contributed by atoms with Crippen molar-refractivity contribution in [3.8, 4) is 0 Å². The normalized spacial score (nSPS) is 10.4. The van der Waals surface area contributed by atoms with E-state index in [2.05, 4.69) is 12.6 Å². The van der Waals surface area contributed by atoms with E-state index in [-0.39, 0.29) is 10.8 Å². The average molecular weight is 273 g/mol. The molecule has 0 saturated carbocycles. The van der Waals surface area contributed by atoms with Crippen LogP contribution in [0.2, 0.25) is 0 Å². The van der Waals surface area contributed by atoms with Crippen molar-refractivity contribution in [2.45, 2.75) is 11.3 Å². The number of thioether (sulfide) groups is 1. The Hall–Kier alpha value is -0.680. The number of thiol groups is 1. The van der Waals surface area contributed by atoms with Gasteiger partial charge in [0.05, 0.1) is 0 Å². The highest BCUT2D eigenvalue weighted by Crippen LogP contribution is 2.15. The molecule has 1 amide bonds. The number of halogens is 1. The summed E-state index contributed by atoms with van der Waals surface area (Å²) in [7, 11) is 1.75. The Bertz CT molecular complexity index is 398. The minimum atomic E-state index is -0.407. The summed E-state index contributed by atoms with van der Waals surface area (Å²) in [5.41, 5.74) is 0.475. The molecule has 0 bridgehead atoms. The van der Waals surface area contributed by atoms with Gasteiger partial charge >= 0.3 is 0 Å². The predicted octanol–water partition coefficient (Wildman–Crippen LogP) is 2.94. The molecule has 94 valence electrons. The van der Waals surface area contributed by atoms with Gasteiger partial charge in [0, 0.05) is 24.1 Å². The molecule has 0 N–H and O–H groups in total. The van der Waals surface area contributed by atoms with Crippen molar-refractivity contribution in [2.75, 3.05) is 25.6 Å². The molecule has 1 aromatic carbocycles. The second-order valence-electron chi connectivity index (χ2n) is 3.74. The van der Waals surface area contributed by atoms with Crippen LogP contribution >= 0.6 is 24.4 Å². The van der Waals surface area contributed by atoms with Crippen LogP contribution in [0.4, 0.5) is 4.39 Å². The number of benzene rings is 1. The number of hydrogen-bond donors (Lipinski definition) is 1. The quantitative estimate of drug-likeness (QED) is 0.657. The van der Waals surface area contributed by atoms with Crippen molar-refractivity contribution in [2.24, 2.45) is 0 Å². The molecule has 0 atom stereocenters. The Kier molecular flexibility index (Phi) is 5.85. The first-order valence-corrected chi connectivity index (χ1v) is 7.13. The second kappa shape index (κ2) is 6.91. The van der Waals surface area contributed by atoms with Gasteiger partial charge in [-0.3, -0.25) is 4.79 Å². The molecular formula is C12H16FNOS2. The van der Waals surface area contributed by atoms with Gasteiger partial charge in [-0.25, -0.2) is 4.39 Å². The minimum Gasteiger partial charge on any atom is -0.342 e. The highest BCUT2D eigenvalue weighted by molar-refractivity contribution is 7.98. The highest BCUT2D eigenvalue weighted by Gasteiger charge is 2.12. The third kappa shape index (κ3) is 4.24. The summed E-state index contributed by atoms with van der Waals surface area (Å²) in [6.45, 7) is 0.707. The van der Waals surface area contributed by atoms with E-state index in [0.29, 0.717) is 12.1 Å². The Labute approximate surface area is 111 Å². The van der Waals surface area contributed by atoms with Crippen LogP contribution in [-0.2, 0) is 0 Å². The van der Waals surface area contributed by atoms with E-state index >= 15 is 0 Å². The second-order valence-corrected chi connectivity index (χ2v) is 5.21. The lowest BCUT2D eigenvalue weighted by Crippen LogP contribution is -2.28. The maximum absolute atomic E-state index is 13.0. The summed E-state index contributed by atoms with van der Waals surface area (Å²) >= 11 is 5.72. The molecule has 0 heterocycles. The van der Waals surface area contributed by atoms with Crippen molar-refractivity contribution in [1.29, 1.82) is 0 Å². The Morgan fingerprint density at radius 3 is 2.82 bits per heavy atom. The van der Waals surface area contributed by atoms with Crippen molar-refractivity contribution in [3.05, 3.63) is 29.6 Å². The van der Waals surface area contributed by atoms with Crippen molar-refractivity contribution < 1.29 is 9.18 Å². The first-order valence-electron chi connectivity index (χ1n) is 5.29. The van der Waals surface area contributed by atoms with E-state index < -0.39 is 5.82 Å². The van der Waals surface area contributed by atoms with E-state index in [1.807, 2.05) is 6.26 Å². The Balaban J connectivity index is 2.65. The molecule has 0 spiro atoms. The summed E-state index contributed by atoms with van der Waals surface area (Å²) in [6.07, 6.45) is 2.99. The van der Waals surface area contributed by atoms with E-state index in [1.165, 1.54) is 18.2 Å². The number of nitrogens with zero attached hydrogens (tertiary/aromatic N) is 1. The fourth-order valence-electron chi connectivity index (χ4n) is 1.41. The molecule has 1 rings (SSSR count). The van der Waals surface area contributed by atoms with Crippen molar-refractivity contribution in [3.63, 3.8) is 0 Å². The highest BCUT2D eigenvalue weighted by atomic mass is 32.2. The van der Waals surface area contributed by atoms with Crippen LogP contribution < -0.4 is 0 Å². The molecular weight excluding hydrogens is 257 g/mol. The summed E-state index contributed by atoms with van der Waals surface area (Å²) in [5, 5.41) is 0. The van der Waals surface area contributed by atoms with Crippen LogP contribution in [0.25, 0.3) is 0 Å². The van der Waals surface area contributed by atoms with Gasteiger partial charge in [-0.2, -0.15) is 11.8 Å². The Morgan fingerprint density at radius 1 is 1.53 bits per heavy atom. The molecule has 0 aliphatic heterocycles. The van der Waals surface area contributed by atoms with Gasteiger partial charge in [0.2, 0.25) is 0 Å². The number of rotatable bonds is 5. The van der Waals surface area contributed by atoms with E-state index in [4.69, 9.17) is 0 Å². The smallest absolute Gasteiger partial charge is 0.253 e. The van der Waals surface area contributed by atoms with Crippen LogP contribution in [0.15, 0.2) is 23.1 Å². The number of carbonyl (C=O) groups is 1. The summed E-state index contributed by atoms with van der Waals surface area (Å²) in [5.74, 6) is 0.523. The summed E-state index contributed by atoms with van der Waals surface area (Å²) < 4.78 is 13.0. The maximum Gasteiger partial charge on any atom is 0.253 e. The fourth-order valence-corrected chi connectivity index (χ4v) is 2.05.